The summed E-state index contributed by atoms with van der Waals surface area (Å²) in [4.78, 5) is 24.5. The molecule has 0 atom stereocenters. The molecular formula is C23H19N3O2. The molecule has 0 spiro atoms. The van der Waals surface area contributed by atoms with Gasteiger partial charge in [0.25, 0.3) is 11.8 Å². The van der Waals surface area contributed by atoms with Crippen LogP contribution in [0.2, 0.25) is 0 Å². The summed E-state index contributed by atoms with van der Waals surface area (Å²) in [7, 11) is 1.60. The van der Waals surface area contributed by atoms with Crippen LogP contribution >= 0.6 is 0 Å². The van der Waals surface area contributed by atoms with E-state index in [9.17, 15) is 9.59 Å². The van der Waals surface area contributed by atoms with Crippen molar-refractivity contribution in [3.8, 4) is 0 Å². The van der Waals surface area contributed by atoms with E-state index in [1.807, 2.05) is 66.7 Å². The molecule has 0 fully saturated rings. The smallest absolute Gasteiger partial charge is 0.258 e. The highest BCUT2D eigenvalue weighted by atomic mass is 16.2. The van der Waals surface area contributed by atoms with Crippen molar-refractivity contribution < 1.29 is 9.59 Å². The van der Waals surface area contributed by atoms with Crippen molar-refractivity contribution in [2.24, 2.45) is 0 Å². The molecule has 3 aromatic carbocycles. The van der Waals surface area contributed by atoms with E-state index < -0.39 is 0 Å². The van der Waals surface area contributed by atoms with Gasteiger partial charge in [-0.1, -0.05) is 48.5 Å². The van der Waals surface area contributed by atoms with Gasteiger partial charge in [0.1, 0.15) is 0 Å². The fourth-order valence-electron chi connectivity index (χ4n) is 3.24. The third-order valence-corrected chi connectivity index (χ3v) is 4.63. The molecule has 5 heteroatoms. The summed E-state index contributed by atoms with van der Waals surface area (Å²) in [6.45, 7) is 0. The van der Waals surface area contributed by atoms with Gasteiger partial charge in [0.2, 0.25) is 0 Å². The number of anilines is 2. The molecule has 3 N–H and O–H groups in total. The first-order valence-corrected chi connectivity index (χ1v) is 8.97. The maximum Gasteiger partial charge on any atom is 0.258 e. The molecule has 3 aromatic rings. The number of amides is 2. The van der Waals surface area contributed by atoms with Crippen molar-refractivity contribution >= 4 is 34.5 Å². The zero-order chi connectivity index (χ0) is 19.5. The number of para-hydroxylation sites is 1. The molecule has 2 amide bonds. The van der Waals surface area contributed by atoms with Crippen LogP contribution in [0.5, 0.6) is 0 Å². The predicted octanol–water partition coefficient (Wildman–Crippen LogP) is 3.98. The van der Waals surface area contributed by atoms with E-state index in [0.717, 1.165) is 28.2 Å². The van der Waals surface area contributed by atoms with E-state index >= 15 is 0 Å². The van der Waals surface area contributed by atoms with E-state index in [1.165, 1.54) is 0 Å². The molecule has 0 aromatic heterocycles. The maximum atomic E-state index is 12.8. The summed E-state index contributed by atoms with van der Waals surface area (Å²) < 4.78 is 0. The molecule has 1 aliphatic heterocycles. The molecule has 1 heterocycles. The Morgan fingerprint density at radius 1 is 0.821 bits per heavy atom. The first-order chi connectivity index (χ1) is 13.7. The number of hydrogen-bond donors (Lipinski definition) is 3. The zero-order valence-corrected chi connectivity index (χ0v) is 15.3. The lowest BCUT2D eigenvalue weighted by Gasteiger charge is -2.15. The van der Waals surface area contributed by atoms with Gasteiger partial charge in [-0.3, -0.25) is 9.59 Å². The van der Waals surface area contributed by atoms with Crippen LogP contribution in [0.15, 0.2) is 78.9 Å². The van der Waals surface area contributed by atoms with Crippen LogP contribution < -0.4 is 16.0 Å². The topological polar surface area (TPSA) is 70.2 Å². The molecule has 0 saturated heterocycles. The van der Waals surface area contributed by atoms with Crippen LogP contribution in [0.1, 0.15) is 21.5 Å². The summed E-state index contributed by atoms with van der Waals surface area (Å²) in [5.41, 5.74) is 5.24. The number of fused-ring (bicyclic) bond motifs is 1. The number of carbonyl (C=O) groups excluding carboxylic acids is 2. The highest BCUT2D eigenvalue weighted by Crippen LogP contribution is 2.37. The Labute approximate surface area is 163 Å². The first-order valence-electron chi connectivity index (χ1n) is 8.97. The predicted molar refractivity (Wildman–Crippen MR) is 112 cm³/mol. The molecule has 0 saturated carbocycles. The lowest BCUT2D eigenvalue weighted by atomic mass is 10.00. The summed E-state index contributed by atoms with van der Waals surface area (Å²) in [6.07, 6.45) is 0. The first kappa shape index (κ1) is 17.5. The molecule has 138 valence electrons. The van der Waals surface area contributed by atoms with Crippen molar-refractivity contribution in [2.75, 3.05) is 17.7 Å². The van der Waals surface area contributed by atoms with Crippen molar-refractivity contribution in [2.45, 2.75) is 0 Å². The highest BCUT2D eigenvalue weighted by molar-refractivity contribution is 6.37. The molecule has 0 aliphatic carbocycles. The average molecular weight is 369 g/mol. The van der Waals surface area contributed by atoms with Crippen molar-refractivity contribution in [3.05, 3.63) is 95.6 Å². The molecule has 4 rings (SSSR count). The largest absolute Gasteiger partial charge is 0.355 e. The Bertz CT molecular complexity index is 1070. The summed E-state index contributed by atoms with van der Waals surface area (Å²) in [6, 6.07) is 24.5. The SMILES string of the molecule is CNC(=O)c1ccc(N/C(=C2\C(=O)Nc3ccccc32)c2ccccc2)cc1. The van der Waals surface area contributed by atoms with E-state index in [-0.39, 0.29) is 11.8 Å². The molecular weight excluding hydrogens is 350 g/mol. The van der Waals surface area contributed by atoms with E-state index in [4.69, 9.17) is 0 Å². The molecule has 5 nitrogen and oxygen atoms in total. The Morgan fingerprint density at radius 3 is 2.21 bits per heavy atom. The third kappa shape index (κ3) is 3.25. The Balaban J connectivity index is 1.80. The van der Waals surface area contributed by atoms with Crippen molar-refractivity contribution in [1.82, 2.24) is 5.32 Å². The van der Waals surface area contributed by atoms with Crippen molar-refractivity contribution in [3.63, 3.8) is 0 Å². The van der Waals surface area contributed by atoms with E-state index in [2.05, 4.69) is 16.0 Å². The second-order valence-electron chi connectivity index (χ2n) is 6.40. The van der Waals surface area contributed by atoms with Crippen molar-refractivity contribution in [1.29, 1.82) is 0 Å². The summed E-state index contributed by atoms with van der Waals surface area (Å²) >= 11 is 0. The van der Waals surface area contributed by atoms with Gasteiger partial charge in [0.05, 0.1) is 11.3 Å². The van der Waals surface area contributed by atoms with Crippen LogP contribution in [0, 0.1) is 0 Å². The van der Waals surface area contributed by atoms with Crippen LogP contribution in [-0.2, 0) is 4.79 Å². The fraction of sp³-hybridized carbons (Fsp3) is 0.0435. The Hall–Kier alpha value is -3.86. The lowest BCUT2D eigenvalue weighted by Crippen LogP contribution is -2.17. The molecule has 0 bridgehead atoms. The second-order valence-corrected chi connectivity index (χ2v) is 6.40. The minimum absolute atomic E-state index is 0.141. The monoisotopic (exact) mass is 369 g/mol. The van der Waals surface area contributed by atoms with Crippen LogP contribution in [0.4, 0.5) is 11.4 Å². The van der Waals surface area contributed by atoms with Gasteiger partial charge in [-0.2, -0.15) is 0 Å². The zero-order valence-electron chi connectivity index (χ0n) is 15.3. The summed E-state index contributed by atoms with van der Waals surface area (Å²) in [5.74, 6) is -0.285. The van der Waals surface area contributed by atoms with Crippen LogP contribution in [-0.4, -0.2) is 18.9 Å². The molecule has 0 unspecified atom stereocenters. The normalized spacial score (nSPS) is 14.1. The van der Waals surface area contributed by atoms with Gasteiger partial charge < -0.3 is 16.0 Å². The number of carbonyl (C=O) groups is 2. The van der Waals surface area contributed by atoms with Gasteiger partial charge in [-0.05, 0) is 35.9 Å². The highest BCUT2D eigenvalue weighted by Gasteiger charge is 2.28. The van der Waals surface area contributed by atoms with Gasteiger partial charge in [-0.15, -0.1) is 0 Å². The molecule has 1 aliphatic rings. The molecule has 0 radical (unpaired) electrons. The Morgan fingerprint density at radius 2 is 1.50 bits per heavy atom. The minimum Gasteiger partial charge on any atom is -0.355 e. The summed E-state index contributed by atoms with van der Waals surface area (Å²) in [5, 5.41) is 8.91. The standard InChI is InChI=1S/C23H19N3O2/c1-24-22(27)16-11-13-17(14-12-16)25-21(15-7-3-2-4-8-15)20-18-9-5-6-10-19(18)26-23(20)28/h2-14,25H,1H3,(H,24,27)(H,26,28)/b21-20-. The van der Waals surface area contributed by atoms with E-state index in [1.54, 1.807) is 19.2 Å². The van der Waals surface area contributed by atoms with Crippen LogP contribution in [0.3, 0.4) is 0 Å². The van der Waals surface area contributed by atoms with Gasteiger partial charge in [0, 0.05) is 29.5 Å². The molecule has 28 heavy (non-hydrogen) atoms. The van der Waals surface area contributed by atoms with E-state index in [0.29, 0.717) is 11.1 Å². The quantitative estimate of drug-likeness (QED) is 0.609. The second kappa shape index (κ2) is 7.40. The number of rotatable bonds is 4. The van der Waals surface area contributed by atoms with Gasteiger partial charge in [0.15, 0.2) is 0 Å². The van der Waals surface area contributed by atoms with Gasteiger partial charge >= 0.3 is 0 Å². The Kier molecular flexibility index (Phi) is 4.64. The van der Waals surface area contributed by atoms with Gasteiger partial charge in [-0.25, -0.2) is 0 Å². The van der Waals surface area contributed by atoms with Crippen LogP contribution in [0.25, 0.3) is 11.3 Å². The average Bonchev–Trinajstić information content (AvgIpc) is 3.08. The number of hydrogen-bond acceptors (Lipinski definition) is 3. The lowest BCUT2D eigenvalue weighted by molar-refractivity contribution is -0.110. The maximum absolute atomic E-state index is 12.8. The number of nitrogens with one attached hydrogen (secondary N) is 3. The fourth-order valence-corrected chi connectivity index (χ4v) is 3.24. The number of benzene rings is 3. The minimum atomic E-state index is -0.144. The third-order valence-electron chi connectivity index (χ3n) is 4.63.